The van der Waals surface area contributed by atoms with Crippen LogP contribution in [0, 0.1) is 0 Å². The third kappa shape index (κ3) is 2.69. The SMILES string of the molecule is O=C(Nc1cccnc1N1CCCC1)c1cccc2cnccc12. The molecule has 0 spiro atoms. The van der Waals surface area contributed by atoms with Crippen molar-refractivity contribution in [1.82, 2.24) is 9.97 Å². The van der Waals surface area contributed by atoms with Crippen molar-refractivity contribution in [3.8, 4) is 0 Å². The van der Waals surface area contributed by atoms with Crippen LogP contribution in [0.2, 0.25) is 0 Å². The first kappa shape index (κ1) is 14.6. The Hall–Kier alpha value is -2.95. The number of fused-ring (bicyclic) bond motifs is 1. The maximum absolute atomic E-state index is 12.8. The Labute approximate surface area is 140 Å². The summed E-state index contributed by atoms with van der Waals surface area (Å²) in [5.41, 5.74) is 1.40. The first-order chi connectivity index (χ1) is 11.8. The molecule has 1 aliphatic heterocycles. The van der Waals surface area contributed by atoms with Crippen molar-refractivity contribution in [3.05, 3.63) is 60.6 Å². The Kier molecular flexibility index (Phi) is 3.83. The topological polar surface area (TPSA) is 58.1 Å². The van der Waals surface area contributed by atoms with Crippen molar-refractivity contribution in [1.29, 1.82) is 0 Å². The van der Waals surface area contributed by atoms with Gasteiger partial charge < -0.3 is 10.2 Å². The van der Waals surface area contributed by atoms with E-state index in [4.69, 9.17) is 0 Å². The minimum atomic E-state index is -0.125. The normalized spacial score (nSPS) is 14.1. The number of carbonyl (C=O) groups is 1. The molecule has 3 aromatic rings. The zero-order valence-corrected chi connectivity index (χ0v) is 13.3. The summed E-state index contributed by atoms with van der Waals surface area (Å²) in [5, 5.41) is 4.89. The van der Waals surface area contributed by atoms with Gasteiger partial charge in [-0.15, -0.1) is 0 Å². The molecule has 24 heavy (non-hydrogen) atoms. The van der Waals surface area contributed by atoms with Gasteiger partial charge in [-0.2, -0.15) is 0 Å². The van der Waals surface area contributed by atoms with Gasteiger partial charge in [0.25, 0.3) is 5.91 Å². The fraction of sp³-hybridized carbons (Fsp3) is 0.211. The molecular weight excluding hydrogens is 300 g/mol. The van der Waals surface area contributed by atoms with Crippen LogP contribution in [0.1, 0.15) is 23.2 Å². The summed E-state index contributed by atoms with van der Waals surface area (Å²) in [5.74, 6) is 0.727. The van der Waals surface area contributed by atoms with Crippen LogP contribution in [-0.4, -0.2) is 29.0 Å². The van der Waals surface area contributed by atoms with Crippen molar-refractivity contribution >= 4 is 28.2 Å². The molecule has 5 heteroatoms. The van der Waals surface area contributed by atoms with Gasteiger partial charge in [0, 0.05) is 42.6 Å². The molecule has 1 aliphatic rings. The van der Waals surface area contributed by atoms with Gasteiger partial charge in [0.05, 0.1) is 5.69 Å². The summed E-state index contributed by atoms with van der Waals surface area (Å²) in [6, 6.07) is 11.3. The van der Waals surface area contributed by atoms with E-state index in [1.165, 1.54) is 12.8 Å². The minimum Gasteiger partial charge on any atom is -0.355 e. The highest BCUT2D eigenvalue weighted by Gasteiger charge is 2.19. The van der Waals surface area contributed by atoms with Gasteiger partial charge in [-0.1, -0.05) is 12.1 Å². The molecule has 3 heterocycles. The lowest BCUT2D eigenvalue weighted by atomic mass is 10.1. The average molecular weight is 318 g/mol. The highest BCUT2D eigenvalue weighted by atomic mass is 16.1. The van der Waals surface area contributed by atoms with E-state index in [1.807, 2.05) is 36.4 Å². The number of hydrogen-bond donors (Lipinski definition) is 1. The van der Waals surface area contributed by atoms with E-state index >= 15 is 0 Å². The van der Waals surface area contributed by atoms with Crippen LogP contribution in [0.15, 0.2) is 55.0 Å². The number of rotatable bonds is 3. The number of anilines is 2. The van der Waals surface area contributed by atoms with E-state index in [9.17, 15) is 4.79 Å². The number of aromatic nitrogens is 2. The van der Waals surface area contributed by atoms with Crippen molar-refractivity contribution in [3.63, 3.8) is 0 Å². The zero-order valence-electron chi connectivity index (χ0n) is 13.3. The number of hydrogen-bond acceptors (Lipinski definition) is 4. The van der Waals surface area contributed by atoms with Crippen LogP contribution in [0.3, 0.4) is 0 Å². The van der Waals surface area contributed by atoms with Crippen LogP contribution < -0.4 is 10.2 Å². The molecule has 0 bridgehead atoms. The lowest BCUT2D eigenvalue weighted by Gasteiger charge is -2.20. The molecule has 4 rings (SSSR count). The van der Waals surface area contributed by atoms with Crippen LogP contribution in [0.25, 0.3) is 10.8 Å². The molecule has 1 aromatic carbocycles. The fourth-order valence-corrected chi connectivity index (χ4v) is 3.19. The Balaban J connectivity index is 1.67. The van der Waals surface area contributed by atoms with Crippen molar-refractivity contribution in [2.45, 2.75) is 12.8 Å². The standard InChI is InChI=1S/C19H18N4O/c24-19(16-6-3-5-14-13-20-10-8-15(14)16)22-17-7-4-9-21-18(17)23-11-1-2-12-23/h3-10,13H,1-2,11-12H2,(H,22,24). The van der Waals surface area contributed by atoms with Crippen LogP contribution in [0.4, 0.5) is 11.5 Å². The quantitative estimate of drug-likeness (QED) is 0.803. The Bertz CT molecular complexity index is 882. The minimum absolute atomic E-state index is 0.125. The molecule has 0 aliphatic carbocycles. The number of nitrogens with one attached hydrogen (secondary N) is 1. The summed E-state index contributed by atoms with van der Waals surface area (Å²) < 4.78 is 0. The second-order valence-electron chi connectivity index (χ2n) is 5.93. The molecule has 120 valence electrons. The first-order valence-electron chi connectivity index (χ1n) is 8.17. The number of amides is 1. The molecule has 0 saturated carbocycles. The Morgan fingerprint density at radius 3 is 2.79 bits per heavy atom. The monoisotopic (exact) mass is 318 g/mol. The Morgan fingerprint density at radius 1 is 1.04 bits per heavy atom. The number of nitrogens with zero attached hydrogens (tertiary/aromatic N) is 3. The fourth-order valence-electron chi connectivity index (χ4n) is 3.19. The van der Waals surface area contributed by atoms with Crippen LogP contribution in [0.5, 0.6) is 0 Å². The van der Waals surface area contributed by atoms with Crippen LogP contribution >= 0.6 is 0 Å². The molecule has 1 N–H and O–H groups in total. The number of carbonyl (C=O) groups excluding carboxylic acids is 1. The second-order valence-corrected chi connectivity index (χ2v) is 5.93. The van der Waals surface area contributed by atoms with Gasteiger partial charge >= 0.3 is 0 Å². The average Bonchev–Trinajstić information content (AvgIpc) is 3.16. The van der Waals surface area contributed by atoms with Gasteiger partial charge in [0.2, 0.25) is 0 Å². The van der Waals surface area contributed by atoms with E-state index in [0.29, 0.717) is 5.56 Å². The van der Waals surface area contributed by atoms with Crippen LogP contribution in [-0.2, 0) is 0 Å². The third-order valence-electron chi connectivity index (χ3n) is 4.37. The van der Waals surface area contributed by atoms with Gasteiger partial charge in [0.1, 0.15) is 0 Å². The predicted molar refractivity (Wildman–Crippen MR) is 95.4 cm³/mol. The van der Waals surface area contributed by atoms with E-state index in [-0.39, 0.29) is 5.91 Å². The van der Waals surface area contributed by atoms with Crippen molar-refractivity contribution in [2.75, 3.05) is 23.3 Å². The molecule has 0 atom stereocenters. The zero-order chi connectivity index (χ0) is 16.4. The second kappa shape index (κ2) is 6.28. The maximum atomic E-state index is 12.8. The van der Waals surface area contributed by atoms with E-state index < -0.39 is 0 Å². The molecule has 1 fully saturated rings. The third-order valence-corrected chi connectivity index (χ3v) is 4.37. The molecule has 5 nitrogen and oxygen atoms in total. The first-order valence-corrected chi connectivity index (χ1v) is 8.17. The summed E-state index contributed by atoms with van der Waals surface area (Å²) in [6.45, 7) is 1.97. The Morgan fingerprint density at radius 2 is 1.92 bits per heavy atom. The molecular formula is C19H18N4O. The van der Waals surface area contributed by atoms with Gasteiger partial charge in [0.15, 0.2) is 5.82 Å². The van der Waals surface area contributed by atoms with Gasteiger partial charge in [-0.25, -0.2) is 4.98 Å². The smallest absolute Gasteiger partial charge is 0.256 e. The predicted octanol–water partition coefficient (Wildman–Crippen LogP) is 3.48. The van der Waals surface area contributed by atoms with Crippen molar-refractivity contribution < 1.29 is 4.79 Å². The highest BCUT2D eigenvalue weighted by molar-refractivity contribution is 6.13. The molecule has 2 aromatic heterocycles. The summed E-state index contributed by atoms with van der Waals surface area (Å²) in [6.07, 6.45) is 7.58. The molecule has 1 saturated heterocycles. The van der Waals surface area contributed by atoms with Crippen molar-refractivity contribution in [2.24, 2.45) is 0 Å². The lowest BCUT2D eigenvalue weighted by molar-refractivity contribution is 0.102. The number of benzene rings is 1. The molecule has 0 unspecified atom stereocenters. The maximum Gasteiger partial charge on any atom is 0.256 e. The summed E-state index contributed by atoms with van der Waals surface area (Å²) in [4.78, 5) is 23.6. The highest BCUT2D eigenvalue weighted by Crippen LogP contribution is 2.27. The molecule has 0 radical (unpaired) electrons. The largest absolute Gasteiger partial charge is 0.355 e. The van der Waals surface area contributed by atoms with E-state index in [0.717, 1.165) is 35.4 Å². The molecule has 1 amide bonds. The van der Waals surface area contributed by atoms with Gasteiger partial charge in [-0.05, 0) is 42.5 Å². The van der Waals surface area contributed by atoms with Gasteiger partial charge in [-0.3, -0.25) is 9.78 Å². The van der Waals surface area contributed by atoms with E-state index in [1.54, 1.807) is 18.6 Å². The van der Waals surface area contributed by atoms with E-state index in [2.05, 4.69) is 20.2 Å². The lowest BCUT2D eigenvalue weighted by Crippen LogP contribution is -2.22. The summed E-state index contributed by atoms with van der Waals surface area (Å²) in [7, 11) is 0. The summed E-state index contributed by atoms with van der Waals surface area (Å²) >= 11 is 0. The number of pyridine rings is 2.